The van der Waals surface area contributed by atoms with Crippen molar-refractivity contribution in [3.05, 3.63) is 60.2 Å². The molecule has 1 atom stereocenters. The largest absolute Gasteiger partial charge is 0.340 e. The number of imidazole rings is 1. The van der Waals surface area contributed by atoms with E-state index in [0.29, 0.717) is 0 Å². The zero-order valence-corrected chi connectivity index (χ0v) is 18.2. The van der Waals surface area contributed by atoms with Gasteiger partial charge in [0.25, 0.3) is 0 Å². The van der Waals surface area contributed by atoms with E-state index in [1.54, 1.807) is 0 Å². The predicted octanol–water partition coefficient (Wildman–Crippen LogP) is 3.85. The molecule has 1 aromatic carbocycles. The quantitative estimate of drug-likeness (QED) is 0.647. The molecule has 0 spiro atoms. The number of amides is 1. The molecule has 6 nitrogen and oxygen atoms in total. The van der Waals surface area contributed by atoms with Crippen molar-refractivity contribution in [3.8, 4) is 0 Å². The van der Waals surface area contributed by atoms with E-state index in [0.717, 1.165) is 61.7 Å². The highest BCUT2D eigenvalue weighted by atomic mass is 16.2. The molecule has 1 saturated heterocycles. The van der Waals surface area contributed by atoms with Crippen LogP contribution in [0.4, 0.5) is 0 Å². The molecule has 158 valence electrons. The number of aromatic nitrogens is 3. The molecule has 0 N–H and O–H groups in total. The van der Waals surface area contributed by atoms with Gasteiger partial charge in [0, 0.05) is 44.8 Å². The Balaban J connectivity index is 1.49. The Morgan fingerprint density at radius 2 is 1.80 bits per heavy atom. The summed E-state index contributed by atoms with van der Waals surface area (Å²) in [5, 5.41) is 0. The van der Waals surface area contributed by atoms with Crippen LogP contribution in [0.3, 0.4) is 0 Å². The number of benzene rings is 1. The lowest BCUT2D eigenvalue weighted by Crippen LogP contribution is -2.39. The Hall–Kier alpha value is -2.73. The summed E-state index contributed by atoms with van der Waals surface area (Å²) in [5.74, 6) is 1.41. The Kier molecular flexibility index (Phi) is 6.13. The SMILES string of the molecule is CC(C)c1nc2ccccc2n1[C@@H](C)C(=O)N1CCCN(Cc2ccccn2)CC1. The third-order valence-corrected chi connectivity index (χ3v) is 5.90. The molecular formula is C24H31N5O. The zero-order valence-electron chi connectivity index (χ0n) is 18.2. The molecule has 2 aromatic heterocycles. The Morgan fingerprint density at radius 3 is 2.57 bits per heavy atom. The lowest BCUT2D eigenvalue weighted by Gasteiger charge is -2.27. The van der Waals surface area contributed by atoms with Crippen molar-refractivity contribution in [1.82, 2.24) is 24.3 Å². The zero-order chi connectivity index (χ0) is 21.1. The molecular weight excluding hydrogens is 374 g/mol. The number of fused-ring (bicyclic) bond motifs is 1. The minimum absolute atomic E-state index is 0.180. The fourth-order valence-electron chi connectivity index (χ4n) is 4.32. The van der Waals surface area contributed by atoms with Crippen molar-refractivity contribution in [2.24, 2.45) is 0 Å². The van der Waals surface area contributed by atoms with Crippen LogP contribution in [0.5, 0.6) is 0 Å². The predicted molar refractivity (Wildman–Crippen MR) is 119 cm³/mol. The summed E-state index contributed by atoms with van der Waals surface area (Å²) in [6, 6.07) is 13.9. The standard InChI is InChI=1S/C24H31N5O/c1-18(2)23-26-21-10-4-5-11-22(21)29(23)19(3)24(30)28-14-8-13-27(15-16-28)17-20-9-6-7-12-25-20/h4-7,9-12,18-19H,8,13-17H2,1-3H3/t19-/m0/s1. The van der Waals surface area contributed by atoms with E-state index >= 15 is 0 Å². The van der Waals surface area contributed by atoms with Gasteiger partial charge in [-0.15, -0.1) is 0 Å². The van der Waals surface area contributed by atoms with Crippen molar-refractivity contribution in [2.75, 3.05) is 26.2 Å². The second-order valence-electron chi connectivity index (χ2n) is 8.44. The van der Waals surface area contributed by atoms with Gasteiger partial charge in [-0.2, -0.15) is 0 Å². The molecule has 0 radical (unpaired) electrons. The van der Waals surface area contributed by atoms with Crippen LogP contribution in [0.1, 0.15) is 50.7 Å². The first kappa shape index (κ1) is 20.5. The number of para-hydroxylation sites is 2. The van der Waals surface area contributed by atoms with Gasteiger partial charge < -0.3 is 9.47 Å². The van der Waals surface area contributed by atoms with Crippen molar-refractivity contribution >= 4 is 16.9 Å². The summed E-state index contributed by atoms with van der Waals surface area (Å²) in [6.45, 7) is 10.5. The molecule has 4 rings (SSSR count). The number of pyridine rings is 1. The Morgan fingerprint density at radius 1 is 1.00 bits per heavy atom. The fourth-order valence-corrected chi connectivity index (χ4v) is 4.32. The molecule has 0 aliphatic carbocycles. The number of hydrogen-bond acceptors (Lipinski definition) is 4. The second kappa shape index (κ2) is 8.96. The van der Waals surface area contributed by atoms with Crippen LogP contribution in [0.15, 0.2) is 48.7 Å². The van der Waals surface area contributed by atoms with Gasteiger partial charge in [0.1, 0.15) is 11.9 Å². The van der Waals surface area contributed by atoms with Crippen molar-refractivity contribution in [3.63, 3.8) is 0 Å². The van der Waals surface area contributed by atoms with Gasteiger partial charge in [-0.25, -0.2) is 4.98 Å². The van der Waals surface area contributed by atoms with Crippen molar-refractivity contribution < 1.29 is 4.79 Å². The molecule has 3 aromatic rings. The number of nitrogens with zero attached hydrogens (tertiary/aromatic N) is 5. The topological polar surface area (TPSA) is 54.3 Å². The van der Waals surface area contributed by atoms with Crippen LogP contribution in [0, 0.1) is 0 Å². The highest BCUT2D eigenvalue weighted by Gasteiger charge is 2.28. The second-order valence-corrected chi connectivity index (χ2v) is 8.44. The molecule has 0 saturated carbocycles. The van der Waals surface area contributed by atoms with Gasteiger partial charge in [0.2, 0.25) is 5.91 Å². The van der Waals surface area contributed by atoms with Crippen LogP contribution in [-0.2, 0) is 11.3 Å². The maximum absolute atomic E-state index is 13.5. The highest BCUT2D eigenvalue weighted by Crippen LogP contribution is 2.27. The maximum atomic E-state index is 13.5. The summed E-state index contributed by atoms with van der Waals surface area (Å²) in [4.78, 5) is 27.2. The number of carbonyl (C=O) groups excluding carboxylic acids is 1. The summed E-state index contributed by atoms with van der Waals surface area (Å²) in [7, 11) is 0. The minimum Gasteiger partial charge on any atom is -0.340 e. The van der Waals surface area contributed by atoms with Crippen LogP contribution in [0.2, 0.25) is 0 Å². The van der Waals surface area contributed by atoms with Gasteiger partial charge in [0.05, 0.1) is 16.7 Å². The lowest BCUT2D eigenvalue weighted by atomic mass is 10.1. The minimum atomic E-state index is -0.267. The van der Waals surface area contributed by atoms with E-state index in [-0.39, 0.29) is 17.9 Å². The molecule has 1 fully saturated rings. The van der Waals surface area contributed by atoms with Crippen LogP contribution in [0.25, 0.3) is 11.0 Å². The molecule has 6 heteroatoms. The van der Waals surface area contributed by atoms with E-state index < -0.39 is 0 Å². The van der Waals surface area contributed by atoms with Crippen LogP contribution < -0.4 is 0 Å². The lowest BCUT2D eigenvalue weighted by molar-refractivity contribution is -0.134. The van der Waals surface area contributed by atoms with Crippen molar-refractivity contribution in [1.29, 1.82) is 0 Å². The number of hydrogen-bond donors (Lipinski definition) is 0. The van der Waals surface area contributed by atoms with Crippen molar-refractivity contribution in [2.45, 2.75) is 45.7 Å². The molecule has 1 aliphatic rings. The normalized spacial score (nSPS) is 16.7. The van der Waals surface area contributed by atoms with E-state index in [1.165, 1.54) is 0 Å². The average Bonchev–Trinajstić information content (AvgIpc) is 3.00. The summed E-state index contributed by atoms with van der Waals surface area (Å²) in [5.41, 5.74) is 3.07. The van der Waals surface area contributed by atoms with Gasteiger partial charge in [-0.05, 0) is 37.6 Å². The molecule has 0 unspecified atom stereocenters. The third kappa shape index (κ3) is 4.24. The highest BCUT2D eigenvalue weighted by molar-refractivity contribution is 5.84. The number of rotatable bonds is 5. The van der Waals surface area contributed by atoms with Gasteiger partial charge >= 0.3 is 0 Å². The van der Waals surface area contributed by atoms with E-state index in [4.69, 9.17) is 4.98 Å². The first-order valence-electron chi connectivity index (χ1n) is 10.9. The Labute approximate surface area is 178 Å². The first-order chi connectivity index (χ1) is 14.5. The molecule has 3 heterocycles. The fraction of sp³-hybridized carbons (Fsp3) is 0.458. The monoisotopic (exact) mass is 405 g/mol. The summed E-state index contributed by atoms with van der Waals surface area (Å²) in [6.07, 6.45) is 2.82. The van der Waals surface area contributed by atoms with Gasteiger partial charge in [0.15, 0.2) is 0 Å². The Bertz CT molecular complexity index is 997. The van der Waals surface area contributed by atoms with Crippen LogP contribution >= 0.6 is 0 Å². The van der Waals surface area contributed by atoms with E-state index in [2.05, 4.69) is 40.4 Å². The third-order valence-electron chi connectivity index (χ3n) is 5.90. The average molecular weight is 406 g/mol. The summed E-state index contributed by atoms with van der Waals surface area (Å²) >= 11 is 0. The molecule has 30 heavy (non-hydrogen) atoms. The molecule has 1 amide bonds. The number of carbonyl (C=O) groups is 1. The first-order valence-corrected chi connectivity index (χ1v) is 10.9. The smallest absolute Gasteiger partial charge is 0.245 e. The summed E-state index contributed by atoms with van der Waals surface area (Å²) < 4.78 is 2.14. The van der Waals surface area contributed by atoms with E-state index in [1.807, 2.05) is 48.4 Å². The van der Waals surface area contributed by atoms with Gasteiger partial charge in [-0.1, -0.05) is 32.0 Å². The maximum Gasteiger partial charge on any atom is 0.245 e. The van der Waals surface area contributed by atoms with Crippen LogP contribution in [-0.4, -0.2) is 56.4 Å². The molecule has 1 aliphatic heterocycles. The molecule has 0 bridgehead atoms. The van der Waals surface area contributed by atoms with Gasteiger partial charge in [-0.3, -0.25) is 14.7 Å². The van der Waals surface area contributed by atoms with E-state index in [9.17, 15) is 4.79 Å².